The van der Waals surface area contributed by atoms with Crippen LogP contribution in [0.3, 0.4) is 0 Å². The zero-order valence-electron chi connectivity index (χ0n) is 26.2. The number of furan rings is 2. The maximum atomic E-state index is 9.35. The summed E-state index contributed by atoms with van der Waals surface area (Å²) >= 11 is 0. The SMILES string of the molecule is C=CC.N#Cc1ccc2oc3c(CCCc4cccc5c4oc4ccc(-n6c7ccccc7c7ccccc76)cc45)cccc3c2c1. The summed E-state index contributed by atoms with van der Waals surface area (Å²) in [4.78, 5) is 0. The number of benzene rings is 6. The molecular formula is C43H32N2O2. The molecule has 0 aliphatic carbocycles. The van der Waals surface area contributed by atoms with Gasteiger partial charge in [-0.2, -0.15) is 5.26 Å². The van der Waals surface area contributed by atoms with Gasteiger partial charge in [0.15, 0.2) is 0 Å². The maximum Gasteiger partial charge on any atom is 0.138 e. The second-order valence-corrected chi connectivity index (χ2v) is 11.9. The van der Waals surface area contributed by atoms with Gasteiger partial charge in [-0.1, -0.05) is 78.9 Å². The minimum atomic E-state index is 0.645. The number of hydrogen-bond acceptors (Lipinski definition) is 3. The first kappa shape index (κ1) is 28.4. The molecule has 0 radical (unpaired) electrons. The van der Waals surface area contributed by atoms with Crippen LogP contribution in [0.2, 0.25) is 0 Å². The molecule has 0 fully saturated rings. The summed E-state index contributed by atoms with van der Waals surface area (Å²) in [5.41, 5.74) is 10.2. The number of hydrogen-bond donors (Lipinski definition) is 0. The zero-order chi connectivity index (χ0) is 31.9. The van der Waals surface area contributed by atoms with E-state index in [2.05, 4.69) is 120 Å². The van der Waals surface area contributed by atoms with E-state index < -0.39 is 0 Å². The van der Waals surface area contributed by atoms with Crippen molar-refractivity contribution in [3.8, 4) is 11.8 Å². The smallest absolute Gasteiger partial charge is 0.138 e. The summed E-state index contributed by atoms with van der Waals surface area (Å²) in [6.07, 6.45) is 4.49. The molecule has 47 heavy (non-hydrogen) atoms. The van der Waals surface area contributed by atoms with Crippen LogP contribution < -0.4 is 0 Å². The lowest BCUT2D eigenvalue weighted by Gasteiger charge is -2.08. The monoisotopic (exact) mass is 608 g/mol. The van der Waals surface area contributed by atoms with Crippen molar-refractivity contribution < 1.29 is 8.83 Å². The van der Waals surface area contributed by atoms with Crippen molar-refractivity contribution >= 4 is 65.7 Å². The van der Waals surface area contributed by atoms with Gasteiger partial charge in [0.2, 0.25) is 0 Å². The van der Waals surface area contributed by atoms with E-state index >= 15 is 0 Å². The summed E-state index contributed by atoms with van der Waals surface area (Å²) in [5, 5.41) is 16.2. The first-order valence-electron chi connectivity index (χ1n) is 16.0. The van der Waals surface area contributed by atoms with E-state index in [1.165, 1.54) is 32.9 Å². The highest BCUT2D eigenvalue weighted by Gasteiger charge is 2.16. The number of aryl methyl sites for hydroxylation is 2. The van der Waals surface area contributed by atoms with Crippen LogP contribution in [0.4, 0.5) is 0 Å². The number of nitrogens with zero attached hydrogens (tertiary/aromatic N) is 2. The van der Waals surface area contributed by atoms with Gasteiger partial charge >= 0.3 is 0 Å². The van der Waals surface area contributed by atoms with E-state index in [1.54, 1.807) is 6.08 Å². The fraction of sp³-hybridized carbons (Fsp3) is 0.0930. The molecule has 0 aliphatic rings. The predicted octanol–water partition coefficient (Wildman–Crippen LogP) is 11.8. The number of fused-ring (bicyclic) bond motifs is 9. The second-order valence-electron chi connectivity index (χ2n) is 11.9. The summed E-state index contributed by atoms with van der Waals surface area (Å²) in [6.45, 7) is 5.25. The quantitative estimate of drug-likeness (QED) is 0.183. The van der Waals surface area contributed by atoms with Gasteiger partial charge in [-0.05, 0) is 85.8 Å². The molecule has 9 aromatic rings. The average Bonchev–Trinajstić information content (AvgIpc) is 3.78. The lowest BCUT2D eigenvalue weighted by atomic mass is 10.0. The molecule has 0 unspecified atom stereocenters. The average molecular weight is 609 g/mol. The van der Waals surface area contributed by atoms with Gasteiger partial charge in [0, 0.05) is 38.0 Å². The van der Waals surface area contributed by atoms with Crippen molar-refractivity contribution in [2.75, 3.05) is 0 Å². The highest BCUT2D eigenvalue weighted by Crippen LogP contribution is 2.37. The molecule has 4 heteroatoms. The van der Waals surface area contributed by atoms with Crippen LogP contribution in [0.15, 0.2) is 143 Å². The Morgan fingerprint density at radius 3 is 1.70 bits per heavy atom. The lowest BCUT2D eigenvalue weighted by Crippen LogP contribution is -1.93. The topological polar surface area (TPSA) is 55.0 Å². The van der Waals surface area contributed by atoms with Crippen molar-refractivity contribution in [2.24, 2.45) is 0 Å². The van der Waals surface area contributed by atoms with Crippen LogP contribution in [0.25, 0.3) is 71.4 Å². The third kappa shape index (κ3) is 4.76. The van der Waals surface area contributed by atoms with Crippen LogP contribution in [-0.2, 0) is 12.8 Å². The second kappa shape index (κ2) is 11.7. The van der Waals surface area contributed by atoms with Crippen LogP contribution in [0.1, 0.15) is 30.0 Å². The van der Waals surface area contributed by atoms with Gasteiger partial charge in [0.1, 0.15) is 22.3 Å². The molecule has 226 valence electrons. The van der Waals surface area contributed by atoms with Gasteiger partial charge in [-0.15, -0.1) is 6.58 Å². The van der Waals surface area contributed by atoms with Gasteiger partial charge in [-0.3, -0.25) is 0 Å². The molecular weight excluding hydrogens is 576 g/mol. The molecule has 3 aromatic heterocycles. The van der Waals surface area contributed by atoms with E-state index in [4.69, 9.17) is 8.83 Å². The van der Waals surface area contributed by atoms with Gasteiger partial charge in [0.25, 0.3) is 0 Å². The third-order valence-corrected chi connectivity index (χ3v) is 9.00. The Morgan fingerprint density at radius 2 is 1.13 bits per heavy atom. The van der Waals surface area contributed by atoms with Crippen molar-refractivity contribution in [3.05, 3.63) is 151 Å². The molecule has 0 bridgehead atoms. The minimum absolute atomic E-state index is 0.645. The normalized spacial score (nSPS) is 11.4. The Balaban J connectivity index is 0.00000104. The van der Waals surface area contributed by atoms with Gasteiger partial charge in [-0.25, -0.2) is 0 Å². The number of aromatic nitrogens is 1. The molecule has 0 atom stereocenters. The van der Waals surface area contributed by atoms with E-state index in [9.17, 15) is 5.26 Å². The minimum Gasteiger partial charge on any atom is -0.456 e. The molecule has 0 saturated heterocycles. The Hall–Kier alpha value is -6.05. The fourth-order valence-electron chi connectivity index (χ4n) is 6.97. The largest absolute Gasteiger partial charge is 0.456 e. The highest BCUT2D eigenvalue weighted by molar-refractivity contribution is 6.11. The van der Waals surface area contributed by atoms with Gasteiger partial charge < -0.3 is 13.4 Å². The number of allylic oxidation sites excluding steroid dienone is 1. The first-order valence-corrected chi connectivity index (χ1v) is 16.0. The Bertz CT molecular complexity index is 2610. The zero-order valence-corrected chi connectivity index (χ0v) is 26.2. The Labute approximate surface area is 272 Å². The summed E-state index contributed by atoms with van der Waals surface area (Å²) in [5.74, 6) is 0. The number of rotatable bonds is 5. The van der Waals surface area contributed by atoms with Crippen LogP contribution in [-0.4, -0.2) is 4.57 Å². The fourth-order valence-corrected chi connectivity index (χ4v) is 6.97. The number of nitriles is 1. The Kier molecular flexibility index (Phi) is 7.08. The van der Waals surface area contributed by atoms with E-state index in [0.717, 1.165) is 68.8 Å². The van der Waals surface area contributed by atoms with Crippen molar-refractivity contribution in [2.45, 2.75) is 26.2 Å². The van der Waals surface area contributed by atoms with Crippen molar-refractivity contribution in [1.82, 2.24) is 4.57 Å². The summed E-state index contributed by atoms with van der Waals surface area (Å²) < 4.78 is 15.1. The third-order valence-electron chi connectivity index (χ3n) is 9.00. The van der Waals surface area contributed by atoms with Crippen LogP contribution >= 0.6 is 0 Å². The van der Waals surface area contributed by atoms with E-state index in [1.807, 2.05) is 25.1 Å². The lowest BCUT2D eigenvalue weighted by molar-refractivity contribution is 0.654. The van der Waals surface area contributed by atoms with Crippen LogP contribution in [0, 0.1) is 11.3 Å². The van der Waals surface area contributed by atoms with E-state index in [0.29, 0.717) is 5.56 Å². The molecule has 6 aromatic carbocycles. The van der Waals surface area contributed by atoms with Crippen molar-refractivity contribution in [1.29, 1.82) is 5.26 Å². The molecule has 3 heterocycles. The van der Waals surface area contributed by atoms with E-state index in [-0.39, 0.29) is 0 Å². The molecule has 9 rings (SSSR count). The number of para-hydroxylation sites is 4. The summed E-state index contributed by atoms with van der Waals surface area (Å²) in [6, 6.07) is 44.4. The summed E-state index contributed by atoms with van der Waals surface area (Å²) in [7, 11) is 0. The van der Waals surface area contributed by atoms with Gasteiger partial charge in [0.05, 0.1) is 22.7 Å². The maximum absolute atomic E-state index is 9.35. The molecule has 0 aliphatic heterocycles. The van der Waals surface area contributed by atoms with Crippen molar-refractivity contribution in [3.63, 3.8) is 0 Å². The molecule has 0 saturated carbocycles. The Morgan fingerprint density at radius 1 is 0.617 bits per heavy atom. The first-order chi connectivity index (χ1) is 23.2. The highest BCUT2D eigenvalue weighted by atomic mass is 16.3. The van der Waals surface area contributed by atoms with Crippen LogP contribution in [0.5, 0.6) is 0 Å². The molecule has 0 spiro atoms. The predicted molar refractivity (Wildman–Crippen MR) is 194 cm³/mol. The molecule has 4 nitrogen and oxygen atoms in total. The molecule has 0 amide bonds. The standard InChI is InChI=1S/C40H26N2O2.C3H6/c41-24-25-18-20-37-33(22-25)31-14-6-10-26(39(31)43-37)8-5-9-27-11-7-15-32-34-23-28(19-21-38(34)44-40(27)32)42-35-16-3-1-12-29(35)30-13-2-4-17-36(30)42;1-3-2/h1-4,6-7,10-23H,5,8-9H2;3H,1H2,2H3. The molecule has 0 N–H and O–H groups in total.